The van der Waals surface area contributed by atoms with Crippen molar-refractivity contribution >= 4 is 5.91 Å². The van der Waals surface area contributed by atoms with Gasteiger partial charge in [-0.25, -0.2) is 0 Å². The second-order valence-corrected chi connectivity index (χ2v) is 4.46. The maximum atomic E-state index is 12.1. The van der Waals surface area contributed by atoms with Crippen LogP contribution in [0.25, 0.3) is 0 Å². The number of carbonyl (C=O) groups is 1. The monoisotopic (exact) mass is 265 g/mol. The molecule has 0 saturated heterocycles. The molecule has 1 aromatic carbocycles. The number of hydrogen-bond donors (Lipinski definition) is 1. The van der Waals surface area contributed by atoms with E-state index in [0.717, 1.165) is 11.4 Å². The van der Waals surface area contributed by atoms with Crippen molar-refractivity contribution in [3.63, 3.8) is 0 Å². The zero-order valence-electron chi connectivity index (χ0n) is 11.2. The smallest absolute Gasteiger partial charge is 0.242 e. The second kappa shape index (κ2) is 6.48. The molecule has 1 atom stereocenters. The molecule has 20 heavy (non-hydrogen) atoms. The zero-order valence-corrected chi connectivity index (χ0v) is 11.2. The van der Waals surface area contributed by atoms with Gasteiger partial charge in [-0.05, 0) is 24.6 Å². The number of rotatable bonds is 4. The predicted octanol–water partition coefficient (Wildman–Crippen LogP) is 2.31. The summed E-state index contributed by atoms with van der Waals surface area (Å²) >= 11 is 0. The van der Waals surface area contributed by atoms with E-state index >= 15 is 0 Å². The van der Waals surface area contributed by atoms with E-state index in [1.807, 2.05) is 49.4 Å². The van der Waals surface area contributed by atoms with Gasteiger partial charge in [-0.1, -0.05) is 36.4 Å². The molecule has 0 aliphatic carbocycles. The van der Waals surface area contributed by atoms with Crippen LogP contribution in [-0.4, -0.2) is 10.9 Å². The fraction of sp³-hybridized carbons (Fsp3) is 0.188. The zero-order chi connectivity index (χ0) is 14.4. The van der Waals surface area contributed by atoms with E-state index in [2.05, 4.69) is 10.3 Å². The highest BCUT2D eigenvalue weighted by Gasteiger charge is 2.19. The van der Waals surface area contributed by atoms with Gasteiger partial charge >= 0.3 is 0 Å². The van der Waals surface area contributed by atoms with Gasteiger partial charge in [0.15, 0.2) is 0 Å². The summed E-state index contributed by atoms with van der Waals surface area (Å²) in [6.45, 7) is 2.22. The summed E-state index contributed by atoms with van der Waals surface area (Å²) in [7, 11) is 0. The number of hydrogen-bond acceptors (Lipinski definition) is 3. The van der Waals surface area contributed by atoms with E-state index in [0.29, 0.717) is 12.1 Å². The number of benzene rings is 1. The lowest BCUT2D eigenvalue weighted by atomic mass is 10.00. The van der Waals surface area contributed by atoms with Crippen molar-refractivity contribution in [1.29, 1.82) is 5.26 Å². The minimum atomic E-state index is -0.791. The molecule has 4 nitrogen and oxygen atoms in total. The quantitative estimate of drug-likeness (QED) is 0.922. The lowest BCUT2D eigenvalue weighted by Gasteiger charge is -2.10. The number of carbonyl (C=O) groups excluding carboxylic acids is 1. The van der Waals surface area contributed by atoms with Crippen LogP contribution < -0.4 is 5.32 Å². The highest BCUT2D eigenvalue weighted by molar-refractivity contribution is 5.86. The molecule has 1 amide bonds. The van der Waals surface area contributed by atoms with Crippen LogP contribution in [0, 0.1) is 18.3 Å². The van der Waals surface area contributed by atoms with Crippen LogP contribution in [0.3, 0.4) is 0 Å². The number of amides is 1. The van der Waals surface area contributed by atoms with Gasteiger partial charge in [0, 0.05) is 5.69 Å². The van der Waals surface area contributed by atoms with Crippen LogP contribution >= 0.6 is 0 Å². The molecule has 0 fully saturated rings. The van der Waals surface area contributed by atoms with Gasteiger partial charge in [-0.15, -0.1) is 0 Å². The minimum absolute atomic E-state index is 0.304. The number of nitriles is 1. The van der Waals surface area contributed by atoms with Gasteiger partial charge in [-0.2, -0.15) is 5.26 Å². The number of pyridine rings is 1. The van der Waals surface area contributed by atoms with Crippen molar-refractivity contribution in [3.05, 3.63) is 65.5 Å². The van der Waals surface area contributed by atoms with E-state index in [1.54, 1.807) is 12.1 Å². The first-order chi connectivity index (χ1) is 9.70. The van der Waals surface area contributed by atoms with Crippen LogP contribution in [-0.2, 0) is 11.3 Å². The third kappa shape index (κ3) is 3.42. The fourth-order valence-corrected chi connectivity index (χ4v) is 1.91. The molecule has 1 aromatic heterocycles. The van der Waals surface area contributed by atoms with Crippen molar-refractivity contribution in [1.82, 2.24) is 10.3 Å². The van der Waals surface area contributed by atoms with Gasteiger partial charge < -0.3 is 5.32 Å². The number of nitrogens with zero attached hydrogens (tertiary/aromatic N) is 2. The standard InChI is InChI=1S/C16H15N3O/c1-12-6-5-9-14(19-12)11-18-16(20)15(10-17)13-7-3-2-4-8-13/h2-9,15H,11H2,1H3,(H,18,20). The molecule has 0 radical (unpaired) electrons. The SMILES string of the molecule is Cc1cccc(CNC(=O)C(C#N)c2ccccc2)n1. The van der Waals surface area contributed by atoms with Gasteiger partial charge in [0.05, 0.1) is 18.3 Å². The molecule has 2 rings (SSSR count). The van der Waals surface area contributed by atoms with E-state index < -0.39 is 5.92 Å². The first-order valence-electron chi connectivity index (χ1n) is 6.35. The third-order valence-corrected chi connectivity index (χ3v) is 2.91. The van der Waals surface area contributed by atoms with Gasteiger partial charge in [-0.3, -0.25) is 9.78 Å². The van der Waals surface area contributed by atoms with Gasteiger partial charge in [0.2, 0.25) is 5.91 Å². The third-order valence-electron chi connectivity index (χ3n) is 2.91. The molecular formula is C16H15N3O. The molecule has 0 saturated carbocycles. The Bertz CT molecular complexity index is 632. The maximum absolute atomic E-state index is 12.1. The molecular weight excluding hydrogens is 250 g/mol. The Morgan fingerprint density at radius 2 is 2.00 bits per heavy atom. The highest BCUT2D eigenvalue weighted by Crippen LogP contribution is 2.14. The Morgan fingerprint density at radius 3 is 2.65 bits per heavy atom. The molecule has 100 valence electrons. The van der Waals surface area contributed by atoms with Crippen LogP contribution in [0.2, 0.25) is 0 Å². The molecule has 0 aliphatic rings. The van der Waals surface area contributed by atoms with Crippen molar-refractivity contribution in [2.24, 2.45) is 0 Å². The topological polar surface area (TPSA) is 65.8 Å². The summed E-state index contributed by atoms with van der Waals surface area (Å²) in [5.74, 6) is -1.09. The van der Waals surface area contributed by atoms with E-state index in [1.165, 1.54) is 0 Å². The molecule has 0 aliphatic heterocycles. The summed E-state index contributed by atoms with van der Waals surface area (Å²) in [4.78, 5) is 16.4. The minimum Gasteiger partial charge on any atom is -0.349 e. The van der Waals surface area contributed by atoms with E-state index in [4.69, 9.17) is 5.26 Å². The summed E-state index contributed by atoms with van der Waals surface area (Å²) in [5.41, 5.74) is 2.38. The average Bonchev–Trinajstić information content (AvgIpc) is 2.47. The Morgan fingerprint density at radius 1 is 1.25 bits per heavy atom. The molecule has 1 unspecified atom stereocenters. The average molecular weight is 265 g/mol. The Hall–Kier alpha value is -2.67. The van der Waals surface area contributed by atoms with Crippen molar-refractivity contribution in [2.75, 3.05) is 0 Å². The first-order valence-corrected chi connectivity index (χ1v) is 6.35. The molecule has 2 aromatic rings. The normalized spacial score (nSPS) is 11.4. The molecule has 0 bridgehead atoms. The second-order valence-electron chi connectivity index (χ2n) is 4.46. The van der Waals surface area contributed by atoms with Crippen LogP contribution in [0.15, 0.2) is 48.5 Å². The Kier molecular flexibility index (Phi) is 4.46. The molecule has 1 N–H and O–H groups in total. The number of aryl methyl sites for hydroxylation is 1. The van der Waals surface area contributed by atoms with Crippen LogP contribution in [0.4, 0.5) is 0 Å². The predicted molar refractivity (Wildman–Crippen MR) is 75.6 cm³/mol. The Labute approximate surface area is 118 Å². The maximum Gasteiger partial charge on any atom is 0.242 e. The van der Waals surface area contributed by atoms with Gasteiger partial charge in [0.25, 0.3) is 0 Å². The van der Waals surface area contributed by atoms with Crippen molar-refractivity contribution < 1.29 is 4.79 Å². The molecule has 4 heteroatoms. The summed E-state index contributed by atoms with van der Waals surface area (Å²) in [5, 5.41) is 11.9. The largest absolute Gasteiger partial charge is 0.349 e. The molecule has 1 heterocycles. The van der Waals surface area contributed by atoms with E-state index in [9.17, 15) is 4.79 Å². The van der Waals surface area contributed by atoms with Crippen LogP contribution in [0.5, 0.6) is 0 Å². The van der Waals surface area contributed by atoms with Crippen LogP contribution in [0.1, 0.15) is 22.9 Å². The Balaban J connectivity index is 2.02. The highest BCUT2D eigenvalue weighted by atomic mass is 16.1. The fourth-order valence-electron chi connectivity index (χ4n) is 1.91. The lowest BCUT2D eigenvalue weighted by Crippen LogP contribution is -2.28. The summed E-state index contributed by atoms with van der Waals surface area (Å²) < 4.78 is 0. The van der Waals surface area contributed by atoms with E-state index in [-0.39, 0.29) is 5.91 Å². The van der Waals surface area contributed by atoms with Crippen molar-refractivity contribution in [3.8, 4) is 6.07 Å². The lowest BCUT2D eigenvalue weighted by molar-refractivity contribution is -0.121. The number of aromatic nitrogens is 1. The van der Waals surface area contributed by atoms with Gasteiger partial charge in [0.1, 0.15) is 5.92 Å². The number of nitrogens with one attached hydrogen (secondary N) is 1. The first kappa shape index (κ1) is 13.8. The summed E-state index contributed by atoms with van der Waals surface area (Å²) in [6.07, 6.45) is 0. The summed E-state index contributed by atoms with van der Waals surface area (Å²) in [6, 6.07) is 16.7. The van der Waals surface area contributed by atoms with Crippen molar-refractivity contribution in [2.45, 2.75) is 19.4 Å². The molecule has 0 spiro atoms.